The van der Waals surface area contributed by atoms with E-state index in [2.05, 4.69) is 13.0 Å². The van der Waals surface area contributed by atoms with Gasteiger partial charge in [0.1, 0.15) is 6.10 Å². The largest absolute Gasteiger partial charge is 0.398 e. The highest BCUT2D eigenvalue weighted by Gasteiger charge is 2.17. The Balaban J connectivity index is 2.45. The Morgan fingerprint density at radius 1 is 1.20 bits per heavy atom. The molecule has 0 aliphatic rings. The van der Waals surface area contributed by atoms with Crippen LogP contribution < -0.4 is 5.73 Å². The molecule has 0 radical (unpaired) electrons. The molecule has 0 saturated heterocycles. The van der Waals surface area contributed by atoms with Crippen LogP contribution in [-0.2, 0) is 6.42 Å². The van der Waals surface area contributed by atoms with Gasteiger partial charge in [-0.15, -0.1) is 0 Å². The van der Waals surface area contributed by atoms with E-state index >= 15 is 0 Å². The van der Waals surface area contributed by atoms with Crippen LogP contribution in [0.4, 0.5) is 5.69 Å². The minimum atomic E-state index is -0.745. The number of benzene rings is 2. The van der Waals surface area contributed by atoms with Gasteiger partial charge in [-0.25, -0.2) is 0 Å². The summed E-state index contributed by atoms with van der Waals surface area (Å²) < 4.78 is 0. The molecule has 2 nitrogen and oxygen atoms in total. The number of nitrogen functional groups attached to an aromatic ring is 1. The first-order valence-corrected chi connectivity index (χ1v) is 7.23. The number of aliphatic hydroxyl groups is 1. The SMILES string of the molecule is CCCc1cccc(C(O)c2cc(Cl)ccc2N)c1C. The molecule has 0 bridgehead atoms. The molecular weight excluding hydrogens is 270 g/mol. The van der Waals surface area contributed by atoms with E-state index in [1.54, 1.807) is 18.2 Å². The van der Waals surface area contributed by atoms with Gasteiger partial charge in [-0.3, -0.25) is 0 Å². The highest BCUT2D eigenvalue weighted by molar-refractivity contribution is 6.30. The zero-order chi connectivity index (χ0) is 14.7. The molecule has 106 valence electrons. The Kier molecular flexibility index (Phi) is 4.69. The maximum absolute atomic E-state index is 10.6. The van der Waals surface area contributed by atoms with Crippen molar-refractivity contribution < 1.29 is 5.11 Å². The lowest BCUT2D eigenvalue weighted by molar-refractivity contribution is 0.220. The van der Waals surface area contributed by atoms with E-state index in [4.69, 9.17) is 17.3 Å². The van der Waals surface area contributed by atoms with E-state index in [0.717, 1.165) is 24.0 Å². The lowest BCUT2D eigenvalue weighted by Gasteiger charge is -2.18. The van der Waals surface area contributed by atoms with Gasteiger partial charge >= 0.3 is 0 Å². The Labute approximate surface area is 125 Å². The molecule has 3 heteroatoms. The topological polar surface area (TPSA) is 46.2 Å². The van der Waals surface area contributed by atoms with Gasteiger partial charge in [-0.05, 0) is 48.2 Å². The molecule has 0 spiro atoms. The number of aliphatic hydroxyl groups excluding tert-OH is 1. The molecule has 2 aromatic carbocycles. The summed E-state index contributed by atoms with van der Waals surface area (Å²) in [5, 5.41) is 11.2. The highest BCUT2D eigenvalue weighted by atomic mass is 35.5. The second kappa shape index (κ2) is 6.29. The van der Waals surface area contributed by atoms with Gasteiger partial charge in [0, 0.05) is 16.3 Å². The fourth-order valence-corrected chi connectivity index (χ4v) is 2.67. The molecule has 0 fully saturated rings. The molecule has 0 amide bonds. The minimum absolute atomic E-state index is 0.558. The van der Waals surface area contributed by atoms with Gasteiger partial charge in [0.25, 0.3) is 0 Å². The molecule has 3 N–H and O–H groups in total. The number of aryl methyl sites for hydroxylation is 1. The molecule has 0 saturated carbocycles. The molecule has 2 rings (SSSR count). The van der Waals surface area contributed by atoms with Crippen molar-refractivity contribution in [3.05, 3.63) is 63.7 Å². The lowest BCUT2D eigenvalue weighted by Crippen LogP contribution is -2.07. The normalized spacial score (nSPS) is 12.4. The van der Waals surface area contributed by atoms with Gasteiger partial charge in [-0.2, -0.15) is 0 Å². The van der Waals surface area contributed by atoms with Crippen molar-refractivity contribution >= 4 is 17.3 Å². The van der Waals surface area contributed by atoms with Crippen LogP contribution in [0.1, 0.15) is 41.7 Å². The zero-order valence-electron chi connectivity index (χ0n) is 11.9. The van der Waals surface area contributed by atoms with E-state index in [9.17, 15) is 5.11 Å². The fourth-order valence-electron chi connectivity index (χ4n) is 2.49. The molecule has 20 heavy (non-hydrogen) atoms. The number of anilines is 1. The first kappa shape index (κ1) is 14.9. The summed E-state index contributed by atoms with van der Waals surface area (Å²) in [4.78, 5) is 0. The highest BCUT2D eigenvalue weighted by Crippen LogP contribution is 2.31. The number of rotatable bonds is 4. The van der Waals surface area contributed by atoms with Gasteiger partial charge in [0.2, 0.25) is 0 Å². The van der Waals surface area contributed by atoms with E-state index in [1.165, 1.54) is 5.56 Å². The number of hydrogen-bond donors (Lipinski definition) is 2. The molecular formula is C17H20ClNO. The summed E-state index contributed by atoms with van der Waals surface area (Å²) in [5.74, 6) is 0. The molecule has 1 unspecified atom stereocenters. The smallest absolute Gasteiger partial charge is 0.106 e. The van der Waals surface area contributed by atoms with Crippen LogP contribution >= 0.6 is 11.6 Å². The Morgan fingerprint density at radius 2 is 1.95 bits per heavy atom. The Morgan fingerprint density at radius 3 is 2.65 bits per heavy atom. The standard InChI is InChI=1S/C17H20ClNO/c1-3-5-12-6-4-7-14(11(12)2)17(20)15-10-13(18)8-9-16(15)19/h4,6-10,17,20H,3,5,19H2,1-2H3. The fraction of sp³-hybridized carbons (Fsp3) is 0.294. The predicted octanol–water partition coefficient (Wildman–Crippen LogP) is 4.26. The minimum Gasteiger partial charge on any atom is -0.398 e. The van der Waals surface area contributed by atoms with Crippen LogP contribution in [0.2, 0.25) is 5.02 Å². The van der Waals surface area contributed by atoms with Crippen molar-refractivity contribution in [2.45, 2.75) is 32.8 Å². The molecule has 0 heterocycles. The number of halogens is 1. The summed E-state index contributed by atoms with van der Waals surface area (Å²) in [5.41, 5.74) is 10.5. The van der Waals surface area contributed by atoms with Crippen molar-refractivity contribution in [2.75, 3.05) is 5.73 Å². The van der Waals surface area contributed by atoms with Gasteiger partial charge in [0.15, 0.2) is 0 Å². The summed E-state index contributed by atoms with van der Waals surface area (Å²) in [6.07, 6.45) is 1.35. The van der Waals surface area contributed by atoms with Crippen LogP contribution in [-0.4, -0.2) is 5.11 Å². The third-order valence-electron chi connectivity index (χ3n) is 3.65. The third kappa shape index (κ3) is 2.97. The lowest BCUT2D eigenvalue weighted by atomic mass is 9.92. The summed E-state index contributed by atoms with van der Waals surface area (Å²) in [7, 11) is 0. The molecule has 2 aromatic rings. The Hall–Kier alpha value is -1.51. The van der Waals surface area contributed by atoms with Crippen molar-refractivity contribution in [1.29, 1.82) is 0 Å². The second-order valence-electron chi connectivity index (χ2n) is 5.06. The van der Waals surface area contributed by atoms with Gasteiger partial charge in [0.05, 0.1) is 0 Å². The summed E-state index contributed by atoms with van der Waals surface area (Å²) >= 11 is 6.00. The third-order valence-corrected chi connectivity index (χ3v) is 3.88. The van der Waals surface area contributed by atoms with Gasteiger partial charge in [-0.1, -0.05) is 43.1 Å². The van der Waals surface area contributed by atoms with E-state index in [-0.39, 0.29) is 0 Å². The van der Waals surface area contributed by atoms with E-state index in [0.29, 0.717) is 16.3 Å². The maximum atomic E-state index is 10.6. The summed E-state index contributed by atoms with van der Waals surface area (Å²) in [6.45, 7) is 4.20. The van der Waals surface area contributed by atoms with Crippen LogP contribution in [0.5, 0.6) is 0 Å². The van der Waals surface area contributed by atoms with Crippen molar-refractivity contribution in [2.24, 2.45) is 0 Å². The van der Waals surface area contributed by atoms with E-state index in [1.807, 2.05) is 19.1 Å². The average molecular weight is 290 g/mol. The van der Waals surface area contributed by atoms with Gasteiger partial charge < -0.3 is 10.8 Å². The number of nitrogens with two attached hydrogens (primary N) is 1. The summed E-state index contributed by atoms with van der Waals surface area (Å²) in [6, 6.07) is 11.2. The first-order valence-electron chi connectivity index (χ1n) is 6.86. The van der Waals surface area contributed by atoms with Crippen LogP contribution in [0, 0.1) is 6.92 Å². The molecule has 1 atom stereocenters. The van der Waals surface area contributed by atoms with Crippen molar-refractivity contribution in [3.63, 3.8) is 0 Å². The average Bonchev–Trinajstić information content (AvgIpc) is 2.43. The Bertz CT molecular complexity index is 610. The first-order chi connectivity index (χ1) is 9.54. The van der Waals surface area contributed by atoms with Crippen LogP contribution in [0.25, 0.3) is 0 Å². The molecule has 0 aliphatic heterocycles. The van der Waals surface area contributed by atoms with Crippen molar-refractivity contribution in [1.82, 2.24) is 0 Å². The maximum Gasteiger partial charge on any atom is 0.106 e. The van der Waals surface area contributed by atoms with Crippen LogP contribution in [0.3, 0.4) is 0 Å². The number of hydrogen-bond acceptors (Lipinski definition) is 2. The van der Waals surface area contributed by atoms with Crippen molar-refractivity contribution in [3.8, 4) is 0 Å². The zero-order valence-corrected chi connectivity index (χ0v) is 12.6. The second-order valence-corrected chi connectivity index (χ2v) is 5.49. The quantitative estimate of drug-likeness (QED) is 0.826. The molecule has 0 aliphatic carbocycles. The van der Waals surface area contributed by atoms with E-state index < -0.39 is 6.10 Å². The molecule has 0 aromatic heterocycles. The monoisotopic (exact) mass is 289 g/mol. The predicted molar refractivity (Wildman–Crippen MR) is 85.1 cm³/mol. The van der Waals surface area contributed by atoms with Crippen LogP contribution in [0.15, 0.2) is 36.4 Å².